The first-order valence-corrected chi connectivity index (χ1v) is 11.0. The number of carbonyl (C=O) groups is 2. The Kier molecular flexibility index (Phi) is 7.45. The first-order chi connectivity index (χ1) is 17.4. The molecule has 1 aromatic heterocycles. The number of methoxy groups -OCH3 is 1. The molecule has 10 heteroatoms. The number of amides is 2. The highest BCUT2D eigenvalue weighted by Crippen LogP contribution is 2.29. The maximum atomic E-state index is 14.0. The lowest BCUT2D eigenvalue weighted by Gasteiger charge is -2.21. The number of hydrogen-bond donors (Lipinski definition) is 3. The van der Waals surface area contributed by atoms with Gasteiger partial charge < -0.3 is 21.1 Å². The van der Waals surface area contributed by atoms with Gasteiger partial charge in [0.25, 0.3) is 11.8 Å². The number of nitrogens with one attached hydrogen (secondary N) is 2. The second-order valence-electron chi connectivity index (χ2n) is 7.97. The fourth-order valence-electron chi connectivity index (χ4n) is 3.83. The fraction of sp³-hybridized carbons (Fsp3) is 0.154. The third-order valence-electron chi connectivity index (χ3n) is 5.57. The summed E-state index contributed by atoms with van der Waals surface area (Å²) in [6.45, 7) is 0.415. The number of nitrogens with zero attached hydrogens (tertiary/aromatic N) is 2. The lowest BCUT2D eigenvalue weighted by molar-refractivity contribution is 0.0998. The molecule has 8 nitrogen and oxygen atoms in total. The van der Waals surface area contributed by atoms with Crippen molar-refractivity contribution >= 4 is 34.2 Å². The molecule has 0 saturated heterocycles. The van der Waals surface area contributed by atoms with Gasteiger partial charge in [-0.15, -0.1) is 0 Å². The molecule has 4 aromatic rings. The standard InChI is InChI=1S/C26H23F2N5O3/c1-36-11-10-22(33-25-19-7-3-6-18(24(29)34)23(19)30-14-31-25)15-4-2-5-17(12-15)32-26(35)20-13-16(27)8-9-21(20)28/h2-9,12-14,22H,10-11H2,1H3,(H2,29,34)(H,32,35)(H,30,31,33). The predicted octanol–water partition coefficient (Wildman–Crippen LogP) is 4.45. The Bertz CT molecular complexity index is 1430. The molecule has 0 aliphatic carbocycles. The lowest BCUT2D eigenvalue weighted by atomic mass is 10.0. The molecule has 1 atom stereocenters. The molecule has 0 saturated carbocycles. The quantitative estimate of drug-likeness (QED) is 0.318. The van der Waals surface area contributed by atoms with Gasteiger partial charge in [0.15, 0.2) is 0 Å². The number of benzene rings is 3. The average molecular weight is 491 g/mol. The van der Waals surface area contributed by atoms with Crippen LogP contribution < -0.4 is 16.4 Å². The molecule has 0 aliphatic heterocycles. The van der Waals surface area contributed by atoms with Crippen molar-refractivity contribution in [2.24, 2.45) is 5.73 Å². The van der Waals surface area contributed by atoms with Crippen molar-refractivity contribution in [1.29, 1.82) is 0 Å². The van der Waals surface area contributed by atoms with Crippen LogP contribution in [0.25, 0.3) is 10.9 Å². The van der Waals surface area contributed by atoms with E-state index in [9.17, 15) is 18.4 Å². The van der Waals surface area contributed by atoms with Crippen LogP contribution in [0.5, 0.6) is 0 Å². The van der Waals surface area contributed by atoms with Crippen LogP contribution in [0.2, 0.25) is 0 Å². The van der Waals surface area contributed by atoms with Crippen LogP contribution in [0.15, 0.2) is 67.0 Å². The highest BCUT2D eigenvalue weighted by Gasteiger charge is 2.18. The highest BCUT2D eigenvalue weighted by atomic mass is 19.1. The number of para-hydroxylation sites is 1. The summed E-state index contributed by atoms with van der Waals surface area (Å²) >= 11 is 0. The SMILES string of the molecule is COCCC(Nc1ncnc2c(C(N)=O)cccc12)c1cccc(NC(=O)c2cc(F)ccc2F)c1. The van der Waals surface area contributed by atoms with Crippen molar-refractivity contribution in [3.05, 3.63) is 95.3 Å². The molecule has 0 aliphatic rings. The Morgan fingerprint density at radius 1 is 1.03 bits per heavy atom. The summed E-state index contributed by atoms with van der Waals surface area (Å²) in [7, 11) is 1.58. The Balaban J connectivity index is 1.64. The van der Waals surface area contributed by atoms with E-state index in [4.69, 9.17) is 10.5 Å². The zero-order valence-corrected chi connectivity index (χ0v) is 19.3. The molecule has 184 valence electrons. The summed E-state index contributed by atoms with van der Waals surface area (Å²) in [4.78, 5) is 32.9. The van der Waals surface area contributed by atoms with Crippen LogP contribution in [0.4, 0.5) is 20.3 Å². The summed E-state index contributed by atoms with van der Waals surface area (Å²) in [6.07, 6.45) is 1.88. The molecule has 0 spiro atoms. The van der Waals surface area contributed by atoms with Crippen LogP contribution in [-0.2, 0) is 4.74 Å². The van der Waals surface area contributed by atoms with E-state index in [2.05, 4.69) is 20.6 Å². The molecule has 0 fully saturated rings. The van der Waals surface area contributed by atoms with Gasteiger partial charge in [-0.25, -0.2) is 18.7 Å². The topological polar surface area (TPSA) is 119 Å². The van der Waals surface area contributed by atoms with Crippen molar-refractivity contribution in [3.8, 4) is 0 Å². The van der Waals surface area contributed by atoms with E-state index in [1.165, 1.54) is 6.33 Å². The molecule has 0 bridgehead atoms. The minimum atomic E-state index is -0.823. The Morgan fingerprint density at radius 3 is 2.61 bits per heavy atom. The van der Waals surface area contributed by atoms with Crippen molar-refractivity contribution in [1.82, 2.24) is 9.97 Å². The number of nitrogens with two attached hydrogens (primary N) is 1. The first-order valence-electron chi connectivity index (χ1n) is 11.0. The summed E-state index contributed by atoms with van der Waals surface area (Å²) in [6, 6.07) is 14.4. The second kappa shape index (κ2) is 10.9. The summed E-state index contributed by atoms with van der Waals surface area (Å²) in [5.74, 6) is -2.42. The highest BCUT2D eigenvalue weighted by molar-refractivity contribution is 6.07. The number of rotatable bonds is 9. The average Bonchev–Trinajstić information content (AvgIpc) is 2.87. The number of hydrogen-bond acceptors (Lipinski definition) is 6. The van der Waals surface area contributed by atoms with Crippen LogP contribution in [0.1, 0.15) is 38.7 Å². The minimum Gasteiger partial charge on any atom is -0.385 e. The number of anilines is 2. The van der Waals surface area contributed by atoms with Gasteiger partial charge in [0.2, 0.25) is 0 Å². The smallest absolute Gasteiger partial charge is 0.258 e. The van der Waals surface area contributed by atoms with E-state index >= 15 is 0 Å². The first kappa shape index (κ1) is 24.7. The fourth-order valence-corrected chi connectivity index (χ4v) is 3.83. The number of primary amides is 1. The van der Waals surface area contributed by atoms with Crippen LogP contribution >= 0.6 is 0 Å². The van der Waals surface area contributed by atoms with Gasteiger partial charge in [0.05, 0.1) is 22.7 Å². The van der Waals surface area contributed by atoms with Gasteiger partial charge in [-0.3, -0.25) is 9.59 Å². The summed E-state index contributed by atoms with van der Waals surface area (Å²) in [5.41, 5.74) is 6.97. The Hall–Kier alpha value is -4.44. The molecule has 0 radical (unpaired) electrons. The summed E-state index contributed by atoms with van der Waals surface area (Å²) < 4.78 is 32.8. The molecule has 4 N–H and O–H groups in total. The van der Waals surface area contributed by atoms with Crippen LogP contribution in [0, 0.1) is 11.6 Å². The molecular weight excluding hydrogens is 468 g/mol. The zero-order chi connectivity index (χ0) is 25.7. The van der Waals surface area contributed by atoms with E-state index in [1.54, 1.807) is 43.5 Å². The molecule has 4 rings (SSSR count). The normalized spacial score (nSPS) is 11.8. The third-order valence-corrected chi connectivity index (χ3v) is 5.57. The number of ether oxygens (including phenoxy) is 1. The van der Waals surface area contributed by atoms with Gasteiger partial charge in [0.1, 0.15) is 23.8 Å². The number of aromatic nitrogens is 2. The van der Waals surface area contributed by atoms with E-state index in [0.29, 0.717) is 35.4 Å². The van der Waals surface area contributed by atoms with Gasteiger partial charge in [-0.1, -0.05) is 18.2 Å². The van der Waals surface area contributed by atoms with E-state index in [1.807, 2.05) is 6.07 Å². The predicted molar refractivity (Wildman–Crippen MR) is 132 cm³/mol. The van der Waals surface area contributed by atoms with E-state index in [-0.39, 0.29) is 11.6 Å². The van der Waals surface area contributed by atoms with E-state index < -0.39 is 29.0 Å². The monoisotopic (exact) mass is 491 g/mol. The molecular formula is C26H23F2N5O3. The molecule has 1 heterocycles. The Morgan fingerprint density at radius 2 is 1.83 bits per heavy atom. The van der Waals surface area contributed by atoms with Gasteiger partial charge >= 0.3 is 0 Å². The number of halogens is 2. The Labute approximate surface area is 205 Å². The van der Waals surface area contributed by atoms with Crippen molar-refractivity contribution < 1.29 is 23.1 Å². The van der Waals surface area contributed by atoms with Gasteiger partial charge in [-0.05, 0) is 54.4 Å². The van der Waals surface area contributed by atoms with Gasteiger partial charge in [-0.2, -0.15) is 0 Å². The number of fused-ring (bicyclic) bond motifs is 1. The molecule has 1 unspecified atom stereocenters. The van der Waals surface area contributed by atoms with Crippen molar-refractivity contribution in [2.75, 3.05) is 24.4 Å². The van der Waals surface area contributed by atoms with Crippen LogP contribution in [-0.4, -0.2) is 35.5 Å². The molecule has 36 heavy (non-hydrogen) atoms. The third kappa shape index (κ3) is 5.44. The lowest BCUT2D eigenvalue weighted by Crippen LogP contribution is -2.17. The molecule has 2 amide bonds. The van der Waals surface area contributed by atoms with E-state index in [0.717, 1.165) is 23.8 Å². The summed E-state index contributed by atoms with van der Waals surface area (Å²) in [5, 5.41) is 6.59. The van der Waals surface area contributed by atoms with Crippen molar-refractivity contribution in [2.45, 2.75) is 12.5 Å². The maximum Gasteiger partial charge on any atom is 0.258 e. The molecule has 3 aromatic carbocycles. The van der Waals surface area contributed by atoms with Crippen molar-refractivity contribution in [3.63, 3.8) is 0 Å². The van der Waals surface area contributed by atoms with Gasteiger partial charge in [0, 0.05) is 24.8 Å². The largest absolute Gasteiger partial charge is 0.385 e. The zero-order valence-electron chi connectivity index (χ0n) is 19.3. The van der Waals surface area contributed by atoms with Crippen LogP contribution in [0.3, 0.4) is 0 Å². The second-order valence-corrected chi connectivity index (χ2v) is 7.97. The number of carbonyl (C=O) groups excluding carboxylic acids is 2. The maximum absolute atomic E-state index is 14.0. The minimum absolute atomic E-state index is 0.278.